The van der Waals surface area contributed by atoms with Gasteiger partial charge in [0, 0.05) is 0 Å². The van der Waals surface area contributed by atoms with Gasteiger partial charge in [-0.3, -0.25) is 0 Å². The van der Waals surface area contributed by atoms with Crippen molar-refractivity contribution in [3.8, 4) is 0 Å². The van der Waals surface area contributed by atoms with Gasteiger partial charge in [0.05, 0.1) is 0 Å². The van der Waals surface area contributed by atoms with Gasteiger partial charge in [-0.2, -0.15) is 6.42 Å². The Balaban J connectivity index is -0.0000000221. The number of hydrogen-bond acceptors (Lipinski definition) is 1. The Morgan fingerprint density at radius 2 is 0.882 bits per heavy atom. The Kier molecular flexibility index (Phi) is 237. The smallest absolute Gasteiger partial charge is 0.814 e. The van der Waals surface area contributed by atoms with Crippen molar-refractivity contribution in [3.63, 3.8) is 0 Å². The molecule has 6 heteroatoms. The van der Waals surface area contributed by atoms with Crippen LogP contribution in [0, 0.1) is 6.92 Å². The molecule has 0 heterocycles. The summed E-state index contributed by atoms with van der Waals surface area (Å²) >= 11 is 0. The molecule has 0 atom stereocenters. The predicted molar refractivity (Wildman–Crippen MR) is 79.4 cm³/mol. The molecule has 0 saturated carbocycles. The van der Waals surface area contributed by atoms with Gasteiger partial charge >= 0.3 is 19.5 Å². The van der Waals surface area contributed by atoms with Crippen LogP contribution in [0.5, 0.6) is 0 Å². The molecular weight excluding hydrogens is 303 g/mol. The van der Waals surface area contributed by atoms with Crippen LogP contribution >= 0.6 is 0 Å². The SMILES string of the molecule is CC=[N-].CC=[N-].CC=[N-].CC=[N-].[CH2-]CCN.[Ru+6]. The Morgan fingerprint density at radius 1 is 0.824 bits per heavy atom. The molecule has 0 radical (unpaired) electrons. The van der Waals surface area contributed by atoms with Gasteiger partial charge in [-0.25, -0.2) is 24.9 Å². The summed E-state index contributed by atoms with van der Waals surface area (Å²) in [6.07, 6.45) is 4.85. The van der Waals surface area contributed by atoms with Gasteiger partial charge in [0.25, 0.3) is 0 Å². The molecule has 0 rings (SSSR count). The summed E-state index contributed by atoms with van der Waals surface area (Å²) in [6, 6.07) is 0. The quantitative estimate of drug-likeness (QED) is 0.445. The van der Waals surface area contributed by atoms with Crippen LogP contribution in [0.25, 0.3) is 21.6 Å². The van der Waals surface area contributed by atoms with Gasteiger partial charge < -0.3 is 34.3 Å². The van der Waals surface area contributed by atoms with E-state index in [1.165, 1.54) is 0 Å². The summed E-state index contributed by atoms with van der Waals surface area (Å²) in [6.45, 7) is 10.4. The Bertz CT molecular complexity index is 92.4. The first-order valence-corrected chi connectivity index (χ1v) is 4.75. The van der Waals surface area contributed by atoms with Crippen LogP contribution in [0.2, 0.25) is 0 Å². The van der Waals surface area contributed by atoms with Crippen LogP contribution < -0.4 is 5.73 Å². The van der Waals surface area contributed by atoms with Crippen LogP contribution in [0.3, 0.4) is 0 Å². The van der Waals surface area contributed by atoms with Crippen molar-refractivity contribution in [2.45, 2.75) is 34.1 Å². The van der Waals surface area contributed by atoms with Gasteiger partial charge in [-0.05, 0) is 6.54 Å². The van der Waals surface area contributed by atoms with Gasteiger partial charge in [0.15, 0.2) is 0 Å². The van der Waals surface area contributed by atoms with Crippen molar-refractivity contribution in [1.29, 1.82) is 0 Å². The van der Waals surface area contributed by atoms with Crippen molar-refractivity contribution in [2.24, 2.45) is 5.73 Å². The van der Waals surface area contributed by atoms with Crippen molar-refractivity contribution in [1.82, 2.24) is 0 Å². The molecule has 0 fully saturated rings. The number of nitrogens with two attached hydrogens (primary N) is 1. The van der Waals surface area contributed by atoms with E-state index in [2.05, 4.69) is 6.92 Å². The van der Waals surface area contributed by atoms with Crippen LogP contribution in [0.4, 0.5) is 0 Å². The van der Waals surface area contributed by atoms with E-state index in [1.807, 2.05) is 0 Å². The molecule has 0 bridgehead atoms. The second-order valence-electron chi connectivity index (χ2n) is 1.68. The van der Waals surface area contributed by atoms with E-state index >= 15 is 0 Å². The maximum Gasteiger partial charge on any atom is 6.00 e. The van der Waals surface area contributed by atoms with Gasteiger partial charge in [0.2, 0.25) is 0 Å². The Morgan fingerprint density at radius 3 is 0.882 bits per heavy atom. The first kappa shape index (κ1) is 36.0. The van der Waals surface area contributed by atoms with Crippen molar-refractivity contribution in [3.05, 3.63) is 28.6 Å². The van der Waals surface area contributed by atoms with Crippen molar-refractivity contribution < 1.29 is 19.5 Å². The number of hydrogen-bond donors (Lipinski definition) is 1. The first-order valence-electron chi connectivity index (χ1n) is 4.75. The van der Waals surface area contributed by atoms with E-state index in [0.717, 1.165) is 31.3 Å². The minimum Gasteiger partial charge on any atom is -0.814 e. The van der Waals surface area contributed by atoms with Gasteiger partial charge in [-0.1, -0.05) is 27.7 Å². The van der Waals surface area contributed by atoms with E-state index in [4.69, 9.17) is 27.4 Å². The average molecular weight is 327 g/mol. The minimum absolute atomic E-state index is 0. The Hall–Kier alpha value is -0.737. The molecule has 0 aromatic rings. The fourth-order valence-electron chi connectivity index (χ4n) is 0. The third-order valence-electron chi connectivity index (χ3n) is 0.204. The van der Waals surface area contributed by atoms with E-state index in [0.29, 0.717) is 6.54 Å². The van der Waals surface area contributed by atoms with E-state index in [9.17, 15) is 0 Å². The third-order valence-corrected chi connectivity index (χ3v) is 0.204. The summed E-state index contributed by atoms with van der Waals surface area (Å²) in [4.78, 5) is 0. The first-order chi connectivity index (χ1) is 7.57. The zero-order chi connectivity index (χ0) is 14.2. The minimum atomic E-state index is 0. The molecule has 0 aliphatic carbocycles. The maximum atomic E-state index is 7.44. The summed E-state index contributed by atoms with van der Waals surface area (Å²) in [7, 11) is 0. The third kappa shape index (κ3) is 38700. The monoisotopic (exact) mass is 328 g/mol. The average Bonchev–Trinajstić information content (AvgIpc) is 2.22. The van der Waals surface area contributed by atoms with Crippen LogP contribution in [-0.2, 0) is 19.5 Å². The van der Waals surface area contributed by atoms with Crippen LogP contribution in [0.1, 0.15) is 34.1 Å². The summed E-state index contributed by atoms with van der Waals surface area (Å²) in [5.74, 6) is 0. The molecule has 0 amide bonds. The fourth-order valence-corrected chi connectivity index (χ4v) is 0. The Labute approximate surface area is 119 Å². The summed E-state index contributed by atoms with van der Waals surface area (Å²) in [5.41, 5.74) is 4.97. The fraction of sp³-hybridized carbons (Fsp3) is 0.545. The molecule has 5 nitrogen and oxygen atoms in total. The molecule has 0 unspecified atom stereocenters. The second kappa shape index (κ2) is 112. The topological polar surface area (TPSA) is 115 Å². The van der Waals surface area contributed by atoms with Crippen molar-refractivity contribution in [2.75, 3.05) is 6.54 Å². The molecule has 17 heavy (non-hydrogen) atoms. The summed E-state index contributed by atoms with van der Waals surface area (Å²) in [5, 5.41) is 29.8. The predicted octanol–water partition coefficient (Wildman–Crippen LogP) is 2.75. The molecule has 0 spiro atoms. The van der Waals surface area contributed by atoms with Gasteiger partial charge in [0.1, 0.15) is 0 Å². The molecule has 0 saturated heterocycles. The number of nitrogens with zero attached hydrogens (tertiary/aromatic N) is 4. The molecule has 2 N–H and O–H groups in total. The molecule has 0 aromatic carbocycles. The standard InChI is InChI=1S/C3H8N.4C2H4N.Ru/c1-2-3-4;4*1-2-3;/h1-4H2;4*2H,1H3;/q5*-1;+6. The van der Waals surface area contributed by atoms with Crippen LogP contribution in [0.15, 0.2) is 0 Å². The zero-order valence-corrected chi connectivity index (χ0v) is 12.9. The second-order valence-corrected chi connectivity index (χ2v) is 1.68. The van der Waals surface area contributed by atoms with E-state index in [1.54, 1.807) is 27.7 Å². The van der Waals surface area contributed by atoms with Crippen LogP contribution in [-0.4, -0.2) is 31.4 Å². The molecule has 0 aliphatic heterocycles. The van der Waals surface area contributed by atoms with Gasteiger partial charge in [-0.15, -0.1) is 0 Å². The molecule has 0 aliphatic rings. The van der Waals surface area contributed by atoms with E-state index in [-0.39, 0.29) is 19.5 Å². The largest absolute Gasteiger partial charge is 6.00 e. The molecule has 0 aromatic heterocycles. The molecular formula is C11H24N5Ru+. The normalized spacial score (nSPS) is 4.82. The summed E-state index contributed by atoms with van der Waals surface area (Å²) < 4.78 is 0. The van der Waals surface area contributed by atoms with Crippen molar-refractivity contribution >= 4 is 24.9 Å². The van der Waals surface area contributed by atoms with E-state index < -0.39 is 0 Å². The molecule has 100 valence electrons. The number of rotatable bonds is 1. The zero-order valence-electron chi connectivity index (χ0n) is 11.2. The maximum absolute atomic E-state index is 7.44.